The number of unbranched alkanes of at least 4 members (excludes halogenated alkanes) is 1. The first-order valence-corrected chi connectivity index (χ1v) is 6.09. The second kappa shape index (κ2) is 9.38. The van der Waals surface area contributed by atoms with Crippen molar-refractivity contribution in [1.82, 2.24) is 0 Å². The molecule has 0 aliphatic heterocycles. The summed E-state index contributed by atoms with van der Waals surface area (Å²) in [6.45, 7) is 2.40. The van der Waals surface area contributed by atoms with E-state index in [1.165, 1.54) is 24.3 Å². The number of rotatable bonds is 5. The van der Waals surface area contributed by atoms with Gasteiger partial charge in [0.1, 0.15) is 0 Å². The Hall–Kier alpha value is 0.436. The second-order valence-electron chi connectivity index (χ2n) is 3.25. The molecule has 0 saturated heterocycles. The fourth-order valence-corrected chi connectivity index (χ4v) is 1.45. The Morgan fingerprint density at radius 1 is 1.35 bits per heavy atom. The van der Waals surface area contributed by atoms with E-state index < -0.39 is 17.0 Å². The molecule has 1 aromatic carbocycles. The Kier molecular flexibility index (Phi) is 9.62. The van der Waals surface area contributed by atoms with Crippen molar-refractivity contribution in [3.05, 3.63) is 29.8 Å². The van der Waals surface area contributed by atoms with Crippen molar-refractivity contribution in [2.75, 3.05) is 6.61 Å². The van der Waals surface area contributed by atoms with Gasteiger partial charge in [-0.25, -0.2) is 4.79 Å². The molecule has 1 rings (SSSR count). The van der Waals surface area contributed by atoms with Crippen LogP contribution in [0.15, 0.2) is 29.2 Å². The van der Waals surface area contributed by atoms with Gasteiger partial charge in [0.2, 0.25) is 0 Å². The van der Waals surface area contributed by atoms with E-state index in [0.717, 1.165) is 12.8 Å². The molecule has 0 fully saturated rings. The fourth-order valence-electron chi connectivity index (χ4n) is 1.09. The molecular weight excluding hydrogens is 267 g/mol. The van der Waals surface area contributed by atoms with Gasteiger partial charge in [0.15, 0.2) is 0 Å². The molecule has 0 spiro atoms. The molecule has 1 atom stereocenters. The van der Waals surface area contributed by atoms with Crippen molar-refractivity contribution in [1.29, 1.82) is 0 Å². The number of ether oxygens (including phenoxy) is 1. The van der Waals surface area contributed by atoms with Crippen LogP contribution in [0.4, 0.5) is 0 Å². The third-order valence-corrected chi connectivity index (χ3v) is 2.67. The predicted octanol–water partition coefficient (Wildman–Crippen LogP) is -1.11. The zero-order chi connectivity index (χ0) is 12.0. The maximum absolute atomic E-state index is 11.4. The molecule has 0 N–H and O–H groups in total. The van der Waals surface area contributed by atoms with Gasteiger partial charge in [-0.2, -0.15) is 0 Å². The van der Waals surface area contributed by atoms with Crippen molar-refractivity contribution in [3.63, 3.8) is 0 Å². The third-order valence-electron chi connectivity index (χ3n) is 2.01. The summed E-state index contributed by atoms with van der Waals surface area (Å²) in [5.41, 5.74) is 0.366. The molecule has 0 aliphatic carbocycles. The standard InChI is InChI=1S/C11H14O4S.K/c1-2-3-8-15-11(12)9-4-6-10(7-5-9)16(13)14;/h4-7H,2-3,8H2,1H3,(H,13,14);/q;+1/p-1. The van der Waals surface area contributed by atoms with Gasteiger partial charge >= 0.3 is 57.4 Å². The van der Waals surface area contributed by atoms with E-state index in [-0.39, 0.29) is 56.3 Å². The van der Waals surface area contributed by atoms with Gasteiger partial charge in [0.25, 0.3) is 0 Å². The molecule has 0 amide bonds. The smallest absolute Gasteiger partial charge is 0.768 e. The summed E-state index contributed by atoms with van der Waals surface area (Å²) in [7, 11) is 0. The van der Waals surface area contributed by atoms with Crippen LogP contribution in [0.5, 0.6) is 0 Å². The fraction of sp³-hybridized carbons (Fsp3) is 0.364. The molecular formula is C11H13KO4S. The summed E-state index contributed by atoms with van der Waals surface area (Å²) in [6, 6.07) is 5.64. The van der Waals surface area contributed by atoms with E-state index in [0.29, 0.717) is 12.2 Å². The van der Waals surface area contributed by atoms with Gasteiger partial charge in [-0.1, -0.05) is 13.3 Å². The molecule has 4 nitrogen and oxygen atoms in total. The van der Waals surface area contributed by atoms with Crippen molar-refractivity contribution in [3.8, 4) is 0 Å². The quantitative estimate of drug-likeness (QED) is 0.297. The van der Waals surface area contributed by atoms with E-state index >= 15 is 0 Å². The van der Waals surface area contributed by atoms with E-state index in [9.17, 15) is 13.6 Å². The Labute approximate surface area is 146 Å². The second-order valence-corrected chi connectivity index (χ2v) is 4.19. The number of hydrogen-bond donors (Lipinski definition) is 0. The van der Waals surface area contributed by atoms with Gasteiger partial charge in [-0.3, -0.25) is 4.21 Å². The van der Waals surface area contributed by atoms with Crippen LogP contribution in [0.25, 0.3) is 0 Å². The van der Waals surface area contributed by atoms with Crippen molar-refractivity contribution < 1.29 is 69.7 Å². The van der Waals surface area contributed by atoms with Crippen LogP contribution in [0.2, 0.25) is 0 Å². The number of benzene rings is 1. The van der Waals surface area contributed by atoms with Crippen molar-refractivity contribution in [2.24, 2.45) is 0 Å². The minimum absolute atomic E-state index is 0. The van der Waals surface area contributed by atoms with Gasteiger partial charge in [-0.05, 0) is 41.8 Å². The van der Waals surface area contributed by atoms with E-state index in [2.05, 4.69) is 0 Å². The SMILES string of the molecule is CCCCOC(=O)c1ccc(S(=O)[O-])cc1.[K+]. The molecule has 1 unspecified atom stereocenters. The first kappa shape index (κ1) is 17.4. The Balaban J connectivity index is 0.00000256. The first-order chi connectivity index (χ1) is 7.65. The Morgan fingerprint density at radius 3 is 2.41 bits per heavy atom. The van der Waals surface area contributed by atoms with Gasteiger partial charge < -0.3 is 9.29 Å². The molecule has 17 heavy (non-hydrogen) atoms. The maximum atomic E-state index is 11.4. The van der Waals surface area contributed by atoms with Gasteiger partial charge in [0.05, 0.1) is 12.2 Å². The van der Waals surface area contributed by atoms with Crippen LogP contribution in [0.3, 0.4) is 0 Å². The number of carbonyl (C=O) groups excluding carboxylic acids is 1. The average Bonchev–Trinajstić information content (AvgIpc) is 2.29. The normalized spacial score (nSPS) is 11.4. The molecule has 6 heteroatoms. The maximum Gasteiger partial charge on any atom is 1.00 e. The topological polar surface area (TPSA) is 66.4 Å². The molecule has 0 bridgehead atoms. The number of carbonyl (C=O) groups is 1. The average molecular weight is 280 g/mol. The number of esters is 1. The van der Waals surface area contributed by atoms with Gasteiger partial charge in [0, 0.05) is 4.90 Å². The molecule has 0 heterocycles. The molecule has 0 aliphatic rings. The minimum Gasteiger partial charge on any atom is -0.768 e. The minimum atomic E-state index is -2.26. The van der Waals surface area contributed by atoms with Crippen LogP contribution in [0.1, 0.15) is 30.1 Å². The molecule has 1 aromatic rings. The van der Waals surface area contributed by atoms with Crippen LogP contribution >= 0.6 is 0 Å². The summed E-state index contributed by atoms with van der Waals surface area (Å²) < 4.78 is 26.1. The van der Waals surface area contributed by atoms with Crippen LogP contribution in [-0.4, -0.2) is 21.3 Å². The third kappa shape index (κ3) is 6.24. The Morgan fingerprint density at radius 2 is 1.94 bits per heavy atom. The summed E-state index contributed by atoms with van der Waals surface area (Å²) in [5, 5.41) is 0. The van der Waals surface area contributed by atoms with E-state index in [4.69, 9.17) is 4.74 Å². The molecule has 0 aromatic heterocycles. The predicted molar refractivity (Wildman–Crippen MR) is 58.8 cm³/mol. The summed E-state index contributed by atoms with van der Waals surface area (Å²) in [5.74, 6) is -0.420. The van der Waals surface area contributed by atoms with Crippen LogP contribution in [-0.2, 0) is 15.8 Å². The largest absolute Gasteiger partial charge is 1.00 e. The van der Waals surface area contributed by atoms with Crippen molar-refractivity contribution >= 4 is 17.0 Å². The first-order valence-electron chi connectivity index (χ1n) is 5.01. The van der Waals surface area contributed by atoms with Crippen molar-refractivity contribution in [2.45, 2.75) is 24.7 Å². The summed E-state index contributed by atoms with van der Waals surface area (Å²) in [6.07, 6.45) is 1.79. The number of hydrogen-bond acceptors (Lipinski definition) is 4. The van der Waals surface area contributed by atoms with E-state index in [1.54, 1.807) is 0 Å². The molecule has 88 valence electrons. The van der Waals surface area contributed by atoms with Crippen LogP contribution in [0, 0.1) is 0 Å². The molecule has 0 saturated carbocycles. The zero-order valence-corrected chi connectivity index (χ0v) is 13.9. The summed E-state index contributed by atoms with van der Waals surface area (Å²) >= 11 is -2.26. The van der Waals surface area contributed by atoms with E-state index in [1.807, 2.05) is 6.92 Å². The monoisotopic (exact) mass is 280 g/mol. The van der Waals surface area contributed by atoms with Gasteiger partial charge in [-0.15, -0.1) is 0 Å². The summed E-state index contributed by atoms with van der Waals surface area (Å²) in [4.78, 5) is 11.6. The molecule has 0 radical (unpaired) electrons. The Bertz CT molecular complexity index is 378. The zero-order valence-electron chi connectivity index (χ0n) is 9.97. The van der Waals surface area contributed by atoms with Crippen LogP contribution < -0.4 is 51.4 Å².